The first-order valence-electron chi connectivity index (χ1n) is 5.41. The zero-order valence-corrected chi connectivity index (χ0v) is 10.8. The van der Waals surface area contributed by atoms with Crippen LogP contribution in [-0.2, 0) is 6.61 Å². The molecule has 1 heterocycles. The molecule has 20 heavy (non-hydrogen) atoms. The smallest absolute Gasteiger partial charge is 0.311 e. The average molecular weight is 311 g/mol. The van der Waals surface area contributed by atoms with Crippen LogP contribution in [0.1, 0.15) is 5.56 Å². The third kappa shape index (κ3) is 3.83. The zero-order valence-electron chi connectivity index (χ0n) is 9.98. The van der Waals surface area contributed by atoms with Crippen LogP contribution in [0.3, 0.4) is 0 Å². The summed E-state index contributed by atoms with van der Waals surface area (Å²) in [6.07, 6.45) is 0.0852. The van der Waals surface area contributed by atoms with Gasteiger partial charge in [0.2, 0.25) is 5.88 Å². The number of hydrogen-bond donors (Lipinski definition) is 0. The number of halogens is 5. The predicted molar refractivity (Wildman–Crippen MR) is 66.4 cm³/mol. The largest absolute Gasteiger partial charge is 0.473 e. The van der Waals surface area contributed by atoms with Gasteiger partial charge in [-0.25, -0.2) is 4.98 Å². The van der Waals surface area contributed by atoms with E-state index in [1.807, 2.05) is 0 Å². The van der Waals surface area contributed by atoms with Gasteiger partial charge < -0.3 is 4.74 Å². The maximum Gasteiger partial charge on any atom is 0.311 e. The zero-order chi connectivity index (χ0) is 14.9. The van der Waals surface area contributed by atoms with Crippen molar-refractivity contribution in [1.82, 2.24) is 4.98 Å². The molecular formula is C12H10F5NOS. The summed E-state index contributed by atoms with van der Waals surface area (Å²) in [5.74, 6) is -0.153. The minimum atomic E-state index is -9.66. The van der Waals surface area contributed by atoms with E-state index < -0.39 is 15.1 Å². The maximum atomic E-state index is 12.4. The molecule has 0 spiro atoms. The molecule has 0 aliphatic heterocycles. The van der Waals surface area contributed by atoms with E-state index in [2.05, 4.69) is 4.98 Å². The lowest BCUT2D eigenvalue weighted by Crippen LogP contribution is -2.06. The highest BCUT2D eigenvalue weighted by molar-refractivity contribution is 8.45. The van der Waals surface area contributed by atoms with E-state index in [0.29, 0.717) is 0 Å². The van der Waals surface area contributed by atoms with Crippen LogP contribution < -0.4 is 4.74 Å². The first-order chi connectivity index (χ1) is 9.04. The highest BCUT2D eigenvalue weighted by Gasteiger charge is 2.65. The Bertz CT molecular complexity index is 597. The predicted octanol–water partition coefficient (Wildman–Crippen LogP) is 5.32. The Morgan fingerprint density at radius 3 is 2.05 bits per heavy atom. The normalized spacial score (nSPS) is 15.2. The van der Waals surface area contributed by atoms with Crippen molar-refractivity contribution in [3.8, 4) is 5.88 Å². The van der Waals surface area contributed by atoms with Gasteiger partial charge in [0.1, 0.15) is 11.5 Å². The van der Waals surface area contributed by atoms with Gasteiger partial charge >= 0.3 is 10.2 Å². The average Bonchev–Trinajstić information content (AvgIpc) is 2.35. The number of nitrogens with zero attached hydrogens (tertiary/aromatic N) is 1. The molecule has 0 aliphatic rings. The SMILES string of the molecule is FS(F)(F)(F)(F)c1ccc(OCc2ccccc2)nc1. The molecule has 0 N–H and O–H groups in total. The Morgan fingerprint density at radius 1 is 0.900 bits per heavy atom. The summed E-state index contributed by atoms with van der Waals surface area (Å²) in [4.78, 5) is 1.23. The summed E-state index contributed by atoms with van der Waals surface area (Å²) in [5.41, 5.74) is 0.783. The van der Waals surface area contributed by atoms with E-state index in [4.69, 9.17) is 4.74 Å². The Morgan fingerprint density at radius 2 is 1.55 bits per heavy atom. The molecule has 0 amide bonds. The number of hydrogen-bond acceptors (Lipinski definition) is 2. The van der Waals surface area contributed by atoms with Crippen LogP contribution in [0.4, 0.5) is 19.4 Å². The number of aromatic nitrogens is 1. The van der Waals surface area contributed by atoms with Crippen molar-refractivity contribution >= 4 is 10.2 Å². The molecule has 8 heteroatoms. The van der Waals surface area contributed by atoms with Crippen molar-refractivity contribution in [2.75, 3.05) is 0 Å². The summed E-state index contributed by atoms with van der Waals surface area (Å²) in [6.45, 7) is 0.0869. The summed E-state index contributed by atoms with van der Waals surface area (Å²) in [7, 11) is -9.66. The summed E-state index contributed by atoms with van der Waals surface area (Å²) < 4.78 is 67.4. The van der Waals surface area contributed by atoms with Gasteiger partial charge in [-0.3, -0.25) is 0 Å². The number of pyridine rings is 1. The van der Waals surface area contributed by atoms with Gasteiger partial charge in [0.25, 0.3) is 0 Å². The van der Waals surface area contributed by atoms with Crippen LogP contribution in [0.25, 0.3) is 0 Å². The lowest BCUT2D eigenvalue weighted by Gasteiger charge is -2.40. The standard InChI is InChI=1S/C12H10F5NOS/c13-20(14,15,16,17)11-6-7-12(18-8-11)19-9-10-4-2-1-3-5-10/h1-8H,9H2. The van der Waals surface area contributed by atoms with E-state index in [-0.39, 0.29) is 24.8 Å². The molecule has 0 fully saturated rings. The molecule has 2 rings (SSSR count). The molecule has 0 atom stereocenters. The molecule has 1 aromatic carbocycles. The van der Waals surface area contributed by atoms with Crippen LogP contribution in [0.5, 0.6) is 5.88 Å². The first-order valence-corrected chi connectivity index (χ1v) is 7.37. The summed E-state index contributed by atoms with van der Waals surface area (Å²) >= 11 is 0. The fraction of sp³-hybridized carbons (Fsp3) is 0.0833. The van der Waals surface area contributed by atoms with Gasteiger partial charge in [-0.15, -0.1) is 0 Å². The molecule has 0 aliphatic carbocycles. The topological polar surface area (TPSA) is 22.1 Å². The van der Waals surface area contributed by atoms with E-state index >= 15 is 0 Å². The summed E-state index contributed by atoms with van der Waals surface area (Å²) in [5, 5.41) is 0. The maximum absolute atomic E-state index is 12.4. The minimum absolute atomic E-state index is 0.0852. The second-order valence-corrected chi connectivity index (χ2v) is 6.48. The van der Waals surface area contributed by atoms with Gasteiger partial charge in [-0.1, -0.05) is 49.8 Å². The molecule has 110 valence electrons. The minimum Gasteiger partial charge on any atom is -0.473 e. The Hall–Kier alpha value is -1.83. The van der Waals surface area contributed by atoms with E-state index in [1.54, 1.807) is 30.3 Å². The molecule has 0 saturated heterocycles. The van der Waals surface area contributed by atoms with Crippen LogP contribution in [0.2, 0.25) is 0 Å². The molecule has 0 saturated carbocycles. The highest BCUT2D eigenvalue weighted by atomic mass is 32.5. The highest BCUT2D eigenvalue weighted by Crippen LogP contribution is 3.02. The molecule has 2 nitrogen and oxygen atoms in total. The molecule has 0 radical (unpaired) electrons. The van der Waals surface area contributed by atoms with E-state index in [9.17, 15) is 19.4 Å². The first kappa shape index (κ1) is 14.6. The van der Waals surface area contributed by atoms with Gasteiger partial charge in [0.15, 0.2) is 0 Å². The van der Waals surface area contributed by atoms with Crippen molar-refractivity contribution in [3.63, 3.8) is 0 Å². The van der Waals surface area contributed by atoms with Crippen molar-refractivity contribution in [2.24, 2.45) is 0 Å². The Kier molecular flexibility index (Phi) is 2.97. The number of benzene rings is 1. The molecular weight excluding hydrogens is 301 g/mol. The van der Waals surface area contributed by atoms with Gasteiger partial charge in [0, 0.05) is 6.07 Å². The number of rotatable bonds is 4. The van der Waals surface area contributed by atoms with Crippen molar-refractivity contribution in [3.05, 3.63) is 54.2 Å². The lowest BCUT2D eigenvalue weighted by atomic mass is 10.2. The van der Waals surface area contributed by atoms with E-state index in [1.165, 1.54) is 0 Å². The second kappa shape index (κ2) is 4.08. The fourth-order valence-electron chi connectivity index (χ4n) is 1.41. The second-order valence-electron chi connectivity index (χ2n) is 4.08. The van der Waals surface area contributed by atoms with Gasteiger partial charge in [-0.2, -0.15) is 0 Å². The van der Waals surface area contributed by atoms with Crippen LogP contribution in [0, 0.1) is 0 Å². The fourth-order valence-corrected chi connectivity index (χ4v) is 1.99. The van der Waals surface area contributed by atoms with Gasteiger partial charge in [-0.05, 0) is 11.6 Å². The van der Waals surface area contributed by atoms with E-state index in [0.717, 1.165) is 11.6 Å². The third-order valence-corrected chi connectivity index (χ3v) is 3.52. The lowest BCUT2D eigenvalue weighted by molar-refractivity contribution is 0.293. The Balaban J connectivity index is 2.11. The van der Waals surface area contributed by atoms with Crippen LogP contribution in [0.15, 0.2) is 53.6 Å². The van der Waals surface area contributed by atoms with Crippen molar-refractivity contribution in [2.45, 2.75) is 11.5 Å². The quantitative estimate of drug-likeness (QED) is 0.713. The molecule has 0 unspecified atom stereocenters. The molecule has 0 bridgehead atoms. The Labute approximate surface area is 111 Å². The van der Waals surface area contributed by atoms with Gasteiger partial charge in [0.05, 0.1) is 6.20 Å². The third-order valence-electron chi connectivity index (χ3n) is 2.38. The number of ether oxygens (including phenoxy) is 1. The van der Waals surface area contributed by atoms with Crippen molar-refractivity contribution < 1.29 is 24.2 Å². The molecule has 1 aromatic heterocycles. The van der Waals surface area contributed by atoms with Crippen LogP contribution >= 0.6 is 10.2 Å². The monoisotopic (exact) mass is 311 g/mol. The van der Waals surface area contributed by atoms with Crippen LogP contribution in [-0.4, -0.2) is 4.98 Å². The molecule has 2 aromatic rings. The van der Waals surface area contributed by atoms with Crippen molar-refractivity contribution in [1.29, 1.82) is 0 Å². The summed E-state index contributed by atoms with van der Waals surface area (Å²) in [6, 6.07) is 9.88.